The highest BCUT2D eigenvalue weighted by Gasteiger charge is 2.33. The molecule has 4 aromatic rings. The van der Waals surface area contributed by atoms with E-state index >= 15 is 0 Å². The molecule has 1 atom stereocenters. The summed E-state index contributed by atoms with van der Waals surface area (Å²) in [6, 6.07) is 8.37. The number of hydrogen-bond acceptors (Lipinski definition) is 6. The van der Waals surface area contributed by atoms with Gasteiger partial charge >= 0.3 is 0 Å². The fourth-order valence-electron chi connectivity index (χ4n) is 3.56. The second-order valence-corrected chi connectivity index (χ2v) is 8.16. The lowest BCUT2D eigenvalue weighted by Crippen LogP contribution is -2.25. The number of H-pyrrole nitrogens is 1. The first-order valence-electron chi connectivity index (χ1n) is 9.19. The first-order valence-corrected chi connectivity index (χ1v) is 10.0. The summed E-state index contributed by atoms with van der Waals surface area (Å²) in [7, 11) is 0. The molecule has 1 saturated carbocycles. The maximum absolute atomic E-state index is 12.0. The zero-order valence-corrected chi connectivity index (χ0v) is 15.6. The highest BCUT2D eigenvalue weighted by atomic mass is 32.1. The molecule has 6 rings (SSSR count). The minimum Gasteiger partial charge on any atom is -0.361 e. The molecule has 0 bridgehead atoms. The van der Waals surface area contributed by atoms with Crippen molar-refractivity contribution in [2.75, 3.05) is 10.7 Å². The second-order valence-electron chi connectivity index (χ2n) is 7.13. The van der Waals surface area contributed by atoms with Gasteiger partial charge in [-0.15, -0.1) is 0 Å². The highest BCUT2D eigenvalue weighted by Crippen LogP contribution is 2.39. The van der Waals surface area contributed by atoms with Gasteiger partial charge in [0, 0.05) is 28.6 Å². The zero-order chi connectivity index (χ0) is 18.7. The van der Waals surface area contributed by atoms with E-state index in [9.17, 15) is 4.79 Å². The van der Waals surface area contributed by atoms with Gasteiger partial charge in [0.15, 0.2) is 10.9 Å². The Morgan fingerprint density at radius 1 is 1.29 bits per heavy atom. The van der Waals surface area contributed by atoms with Crippen LogP contribution in [0.1, 0.15) is 23.9 Å². The molecule has 1 amide bonds. The molecule has 1 fully saturated rings. The number of hydrogen-bond donors (Lipinski definition) is 4. The Morgan fingerprint density at radius 2 is 2.21 bits per heavy atom. The van der Waals surface area contributed by atoms with Gasteiger partial charge in [-0.2, -0.15) is 0 Å². The molecule has 2 aliphatic rings. The van der Waals surface area contributed by atoms with Crippen LogP contribution in [0.5, 0.6) is 0 Å². The number of aromatic nitrogens is 4. The number of hydrazine groups is 1. The molecule has 0 saturated heterocycles. The van der Waals surface area contributed by atoms with Gasteiger partial charge in [-0.05, 0) is 31.0 Å². The van der Waals surface area contributed by atoms with E-state index in [-0.39, 0.29) is 18.0 Å². The Bertz CT molecular complexity index is 1200. The van der Waals surface area contributed by atoms with Crippen molar-refractivity contribution in [2.45, 2.75) is 19.0 Å². The standard InChI is InChI=1S/C19H17N7OS/c27-18(10-1-2-10)23-19-22-16-15(28-19)17(25-24-16)26-9-20-8-14(26)12-3-4-13-11(7-12)5-6-21-13/h3-10,17,21,24-25H,1-2H2,(H,22,23,27). The summed E-state index contributed by atoms with van der Waals surface area (Å²) in [5.74, 6) is 0.978. The van der Waals surface area contributed by atoms with Crippen LogP contribution < -0.4 is 16.2 Å². The van der Waals surface area contributed by atoms with Gasteiger partial charge in [-0.25, -0.2) is 15.4 Å². The molecule has 140 valence electrons. The summed E-state index contributed by atoms with van der Waals surface area (Å²) in [4.78, 5) is 25.2. The van der Waals surface area contributed by atoms with Crippen LogP contribution in [-0.2, 0) is 4.79 Å². The highest BCUT2D eigenvalue weighted by molar-refractivity contribution is 7.16. The van der Waals surface area contributed by atoms with E-state index in [4.69, 9.17) is 0 Å². The molecule has 4 heterocycles. The molecule has 0 radical (unpaired) electrons. The summed E-state index contributed by atoms with van der Waals surface area (Å²) < 4.78 is 2.08. The van der Waals surface area contributed by atoms with E-state index in [1.807, 2.05) is 18.7 Å². The van der Waals surface area contributed by atoms with E-state index in [0.29, 0.717) is 5.13 Å². The predicted octanol–water partition coefficient (Wildman–Crippen LogP) is 3.31. The average Bonchev–Trinajstić information content (AvgIpc) is 3.05. The lowest BCUT2D eigenvalue weighted by molar-refractivity contribution is -0.117. The van der Waals surface area contributed by atoms with Gasteiger partial charge in [0.05, 0.1) is 23.1 Å². The Labute approximate surface area is 164 Å². The lowest BCUT2D eigenvalue weighted by atomic mass is 10.1. The van der Waals surface area contributed by atoms with Gasteiger partial charge in [-0.1, -0.05) is 17.4 Å². The summed E-state index contributed by atoms with van der Waals surface area (Å²) in [5.41, 5.74) is 9.59. The number of rotatable bonds is 4. The van der Waals surface area contributed by atoms with Crippen LogP contribution in [0.25, 0.3) is 22.2 Å². The van der Waals surface area contributed by atoms with Crippen molar-refractivity contribution >= 4 is 39.1 Å². The van der Waals surface area contributed by atoms with Crippen molar-refractivity contribution in [3.05, 3.63) is 47.9 Å². The molecule has 3 aromatic heterocycles. The van der Waals surface area contributed by atoms with Crippen molar-refractivity contribution in [3.63, 3.8) is 0 Å². The number of carbonyl (C=O) groups excluding carboxylic acids is 1. The molecule has 1 aromatic carbocycles. The maximum atomic E-state index is 12.0. The molecular weight excluding hydrogens is 374 g/mol. The van der Waals surface area contributed by atoms with Crippen molar-refractivity contribution in [3.8, 4) is 11.3 Å². The minimum atomic E-state index is -0.140. The van der Waals surface area contributed by atoms with E-state index in [1.165, 1.54) is 11.3 Å². The number of benzene rings is 1. The topological polar surface area (TPSA) is 99.7 Å². The first-order chi connectivity index (χ1) is 13.8. The van der Waals surface area contributed by atoms with E-state index in [0.717, 1.165) is 45.7 Å². The monoisotopic (exact) mass is 391 g/mol. The lowest BCUT2D eigenvalue weighted by Gasteiger charge is -2.15. The third kappa shape index (κ3) is 2.51. The Kier molecular flexibility index (Phi) is 3.35. The summed E-state index contributed by atoms with van der Waals surface area (Å²) in [6.45, 7) is 0. The number of aromatic amines is 1. The fraction of sp³-hybridized carbons (Fsp3) is 0.211. The van der Waals surface area contributed by atoms with Crippen molar-refractivity contribution in [2.24, 2.45) is 5.92 Å². The molecule has 1 aliphatic heterocycles. The second kappa shape index (κ2) is 5.91. The number of nitrogens with zero attached hydrogens (tertiary/aromatic N) is 3. The van der Waals surface area contributed by atoms with Crippen LogP contribution in [0, 0.1) is 5.92 Å². The maximum Gasteiger partial charge on any atom is 0.229 e. The van der Waals surface area contributed by atoms with Gasteiger partial charge in [0.25, 0.3) is 0 Å². The number of fused-ring (bicyclic) bond motifs is 2. The Morgan fingerprint density at radius 3 is 3.11 bits per heavy atom. The molecular formula is C19H17N7OS. The van der Waals surface area contributed by atoms with E-state index in [1.54, 1.807) is 0 Å². The van der Waals surface area contributed by atoms with Gasteiger partial charge in [0.2, 0.25) is 5.91 Å². The van der Waals surface area contributed by atoms with E-state index in [2.05, 4.69) is 60.0 Å². The first kappa shape index (κ1) is 15.8. The van der Waals surface area contributed by atoms with Gasteiger partial charge in [-0.3, -0.25) is 4.79 Å². The van der Waals surface area contributed by atoms with Gasteiger partial charge < -0.3 is 20.3 Å². The molecule has 4 N–H and O–H groups in total. The van der Waals surface area contributed by atoms with E-state index < -0.39 is 0 Å². The van der Waals surface area contributed by atoms with Crippen molar-refractivity contribution < 1.29 is 4.79 Å². The number of anilines is 2. The largest absolute Gasteiger partial charge is 0.361 e. The molecule has 9 heteroatoms. The normalized spacial score (nSPS) is 18.2. The summed E-state index contributed by atoms with van der Waals surface area (Å²) >= 11 is 1.49. The predicted molar refractivity (Wildman–Crippen MR) is 108 cm³/mol. The molecule has 1 unspecified atom stereocenters. The number of thiazole rings is 1. The minimum absolute atomic E-state index is 0.0695. The molecule has 1 aliphatic carbocycles. The third-order valence-electron chi connectivity index (χ3n) is 5.20. The SMILES string of the molecule is O=C(Nc1nc2c(s1)C(n1cncc1-c1ccc3[nH]ccc3c1)NN2)C1CC1. The van der Waals surface area contributed by atoms with Crippen LogP contribution in [0.4, 0.5) is 10.9 Å². The number of nitrogens with one attached hydrogen (secondary N) is 4. The van der Waals surface area contributed by atoms with Crippen LogP contribution in [0.2, 0.25) is 0 Å². The zero-order valence-electron chi connectivity index (χ0n) is 14.8. The average molecular weight is 391 g/mol. The molecule has 8 nitrogen and oxygen atoms in total. The molecule has 28 heavy (non-hydrogen) atoms. The summed E-state index contributed by atoms with van der Waals surface area (Å²) in [6.07, 6.45) is 7.43. The Balaban J connectivity index is 1.34. The van der Waals surface area contributed by atoms with Crippen molar-refractivity contribution in [1.29, 1.82) is 0 Å². The Hall–Kier alpha value is -3.17. The fourth-order valence-corrected chi connectivity index (χ4v) is 4.53. The van der Waals surface area contributed by atoms with Crippen LogP contribution in [0.15, 0.2) is 43.0 Å². The van der Waals surface area contributed by atoms with Gasteiger partial charge in [0.1, 0.15) is 6.17 Å². The van der Waals surface area contributed by atoms with Crippen LogP contribution in [0.3, 0.4) is 0 Å². The summed E-state index contributed by atoms with van der Waals surface area (Å²) in [5, 5.41) is 4.73. The quantitative estimate of drug-likeness (QED) is 0.428. The molecule has 0 spiro atoms. The third-order valence-corrected chi connectivity index (χ3v) is 6.22. The van der Waals surface area contributed by atoms with Crippen LogP contribution in [-0.4, -0.2) is 25.4 Å². The smallest absolute Gasteiger partial charge is 0.229 e. The number of imidazole rings is 1. The number of carbonyl (C=O) groups is 1. The van der Waals surface area contributed by atoms with Crippen LogP contribution >= 0.6 is 11.3 Å². The van der Waals surface area contributed by atoms with Crippen molar-refractivity contribution in [1.82, 2.24) is 24.9 Å². The number of amides is 1.